The quantitative estimate of drug-likeness (QED) is 0.519. The minimum absolute atomic E-state index is 0.480. The van der Waals surface area contributed by atoms with Crippen LogP contribution in [-0.4, -0.2) is 24.7 Å². The Bertz CT molecular complexity index is 632. The van der Waals surface area contributed by atoms with Gasteiger partial charge in [0.05, 0.1) is 12.2 Å². The lowest BCUT2D eigenvalue weighted by atomic mass is 9.99. The van der Waals surface area contributed by atoms with Crippen LogP contribution in [0.3, 0.4) is 0 Å². The van der Waals surface area contributed by atoms with Crippen LogP contribution in [0.1, 0.15) is 55.9 Å². The van der Waals surface area contributed by atoms with Crippen molar-refractivity contribution in [1.29, 1.82) is 0 Å². The van der Waals surface area contributed by atoms with Crippen molar-refractivity contribution in [2.24, 2.45) is 10.9 Å². The van der Waals surface area contributed by atoms with Crippen molar-refractivity contribution >= 4 is 17.3 Å². The van der Waals surface area contributed by atoms with Crippen LogP contribution in [0.2, 0.25) is 0 Å². The molecule has 0 aromatic carbocycles. The summed E-state index contributed by atoms with van der Waals surface area (Å²) in [7, 11) is 1.79. The van der Waals surface area contributed by atoms with Gasteiger partial charge in [-0.3, -0.25) is 4.99 Å². The Balaban J connectivity index is 1.76. The molecule has 6 heteroatoms. The highest BCUT2D eigenvalue weighted by Gasteiger charge is 2.13. The third-order valence-electron chi connectivity index (χ3n) is 4.38. The second kappa shape index (κ2) is 10.2. The Hall–Kier alpha value is -1.82. The van der Waals surface area contributed by atoms with Gasteiger partial charge in [-0.25, -0.2) is 0 Å². The van der Waals surface area contributed by atoms with Gasteiger partial charge < -0.3 is 15.2 Å². The zero-order valence-corrected chi connectivity index (χ0v) is 16.5. The van der Waals surface area contributed by atoms with Crippen molar-refractivity contribution < 1.29 is 4.52 Å². The lowest BCUT2D eigenvalue weighted by molar-refractivity contribution is 0.368. The zero-order chi connectivity index (χ0) is 18.1. The molecule has 2 rings (SSSR count). The Morgan fingerprint density at radius 2 is 2.12 bits per heavy atom. The first-order chi connectivity index (χ1) is 12.2. The minimum atomic E-state index is 0.480. The van der Waals surface area contributed by atoms with Gasteiger partial charge in [-0.05, 0) is 36.6 Å². The molecule has 138 valence electrons. The molecule has 0 saturated carbocycles. The van der Waals surface area contributed by atoms with Gasteiger partial charge in [0.25, 0.3) is 0 Å². The number of guanidine groups is 1. The maximum absolute atomic E-state index is 5.45. The Morgan fingerprint density at radius 1 is 1.32 bits per heavy atom. The number of aromatic nitrogens is 1. The molecule has 0 amide bonds. The fourth-order valence-corrected chi connectivity index (χ4v) is 3.69. The largest absolute Gasteiger partial charge is 0.359 e. The highest BCUT2D eigenvalue weighted by atomic mass is 32.1. The zero-order valence-electron chi connectivity index (χ0n) is 15.7. The van der Waals surface area contributed by atoms with Gasteiger partial charge in [-0.15, -0.1) is 11.3 Å². The van der Waals surface area contributed by atoms with Crippen molar-refractivity contribution in [3.8, 4) is 0 Å². The van der Waals surface area contributed by atoms with Gasteiger partial charge in [-0.2, -0.15) is 0 Å². The van der Waals surface area contributed by atoms with Crippen molar-refractivity contribution in [2.75, 3.05) is 13.6 Å². The number of hydrogen-bond donors (Lipinski definition) is 2. The first kappa shape index (κ1) is 19.5. The highest BCUT2D eigenvalue weighted by Crippen LogP contribution is 2.22. The number of nitrogens with zero attached hydrogens (tertiary/aromatic N) is 2. The summed E-state index contributed by atoms with van der Waals surface area (Å²) in [5.41, 5.74) is 1.05. The van der Waals surface area contributed by atoms with E-state index in [1.165, 1.54) is 4.88 Å². The molecule has 1 unspecified atom stereocenters. The molecule has 0 aliphatic rings. The molecule has 2 N–H and O–H groups in total. The summed E-state index contributed by atoms with van der Waals surface area (Å²) in [6.45, 7) is 8.09. The second-order valence-electron chi connectivity index (χ2n) is 6.43. The molecule has 2 heterocycles. The first-order valence-electron chi connectivity index (χ1n) is 9.08. The van der Waals surface area contributed by atoms with Gasteiger partial charge >= 0.3 is 0 Å². The fourth-order valence-electron chi connectivity index (χ4n) is 2.82. The molecule has 0 saturated heterocycles. The Kier molecular flexibility index (Phi) is 7.98. The van der Waals surface area contributed by atoms with Crippen molar-refractivity contribution in [3.63, 3.8) is 0 Å². The topological polar surface area (TPSA) is 62.5 Å². The summed E-state index contributed by atoms with van der Waals surface area (Å²) in [6, 6.07) is 6.35. The molecule has 0 bridgehead atoms. The van der Waals surface area contributed by atoms with E-state index in [0.29, 0.717) is 18.4 Å². The molecule has 0 spiro atoms. The smallest absolute Gasteiger partial charge is 0.191 e. The third-order valence-corrected chi connectivity index (χ3v) is 5.28. The van der Waals surface area contributed by atoms with E-state index in [4.69, 9.17) is 4.52 Å². The van der Waals surface area contributed by atoms with Crippen LogP contribution >= 0.6 is 11.3 Å². The van der Waals surface area contributed by atoms with Crippen LogP contribution in [0.25, 0.3) is 0 Å². The van der Waals surface area contributed by atoms with Crippen LogP contribution in [-0.2, 0) is 13.0 Å². The molecule has 1 atom stereocenters. The van der Waals surface area contributed by atoms with Crippen LogP contribution < -0.4 is 10.6 Å². The van der Waals surface area contributed by atoms with Gasteiger partial charge in [0.2, 0.25) is 0 Å². The molecule has 0 aliphatic heterocycles. The summed E-state index contributed by atoms with van der Waals surface area (Å²) in [6.07, 6.45) is 3.26. The van der Waals surface area contributed by atoms with Crippen molar-refractivity contribution in [3.05, 3.63) is 39.9 Å². The van der Waals surface area contributed by atoms with E-state index < -0.39 is 0 Å². The van der Waals surface area contributed by atoms with Gasteiger partial charge in [0.1, 0.15) is 0 Å². The number of nitrogens with one attached hydrogen (secondary N) is 2. The van der Waals surface area contributed by atoms with Gasteiger partial charge in [-0.1, -0.05) is 32.0 Å². The number of rotatable bonds is 9. The third kappa shape index (κ3) is 6.20. The lowest BCUT2D eigenvalue weighted by Gasteiger charge is -2.15. The molecule has 2 aromatic rings. The monoisotopic (exact) mass is 362 g/mol. The average Bonchev–Trinajstić information content (AvgIpc) is 3.28. The second-order valence-corrected chi connectivity index (χ2v) is 7.46. The lowest BCUT2D eigenvalue weighted by Crippen LogP contribution is -2.39. The van der Waals surface area contributed by atoms with E-state index in [2.05, 4.69) is 65.1 Å². The summed E-state index contributed by atoms with van der Waals surface area (Å²) in [5, 5.41) is 13.0. The molecule has 2 aromatic heterocycles. The molecular weight excluding hydrogens is 332 g/mol. The predicted molar refractivity (Wildman–Crippen MR) is 105 cm³/mol. The molecule has 5 nitrogen and oxygen atoms in total. The SMILES string of the molecule is CCC(CC)c1cc(CNC(=NC)NCC(C)Cc2cccs2)on1. The molecule has 0 radical (unpaired) electrons. The van der Waals surface area contributed by atoms with E-state index in [-0.39, 0.29) is 0 Å². The maximum atomic E-state index is 5.45. The Morgan fingerprint density at radius 3 is 2.76 bits per heavy atom. The van der Waals surface area contributed by atoms with E-state index in [0.717, 1.165) is 43.2 Å². The van der Waals surface area contributed by atoms with Crippen LogP contribution in [0.4, 0.5) is 0 Å². The summed E-state index contributed by atoms with van der Waals surface area (Å²) < 4.78 is 5.45. The molecular formula is C19H30N4OS. The van der Waals surface area contributed by atoms with Crippen LogP contribution in [0, 0.1) is 5.92 Å². The molecule has 25 heavy (non-hydrogen) atoms. The molecule has 0 fully saturated rings. The van der Waals surface area contributed by atoms with Crippen molar-refractivity contribution in [2.45, 2.75) is 52.5 Å². The summed E-state index contributed by atoms with van der Waals surface area (Å²) in [5.74, 6) is 2.66. The maximum Gasteiger partial charge on any atom is 0.191 e. The summed E-state index contributed by atoms with van der Waals surface area (Å²) >= 11 is 1.81. The van der Waals surface area contributed by atoms with E-state index in [1.807, 2.05) is 11.3 Å². The normalized spacial score (nSPS) is 13.2. The van der Waals surface area contributed by atoms with Gasteiger partial charge in [0.15, 0.2) is 11.7 Å². The Labute approximate surface area is 154 Å². The van der Waals surface area contributed by atoms with E-state index in [9.17, 15) is 0 Å². The fraction of sp³-hybridized carbons (Fsp3) is 0.579. The first-order valence-corrected chi connectivity index (χ1v) is 9.96. The standard InChI is InChI=1S/C19H30N4OS/c1-5-15(6-2)18-11-16(24-23-18)13-22-19(20-4)21-12-14(3)10-17-8-7-9-25-17/h7-9,11,14-15H,5-6,10,12-13H2,1-4H3,(H2,20,21,22). The number of aliphatic imine (C=N–C) groups is 1. The van der Waals surface area contributed by atoms with Gasteiger partial charge in [0, 0.05) is 30.5 Å². The highest BCUT2D eigenvalue weighted by molar-refractivity contribution is 7.09. The van der Waals surface area contributed by atoms with Crippen LogP contribution in [0.15, 0.2) is 33.1 Å². The summed E-state index contributed by atoms with van der Waals surface area (Å²) in [4.78, 5) is 5.71. The van der Waals surface area contributed by atoms with Crippen LogP contribution in [0.5, 0.6) is 0 Å². The average molecular weight is 363 g/mol. The minimum Gasteiger partial charge on any atom is -0.359 e. The number of thiophene rings is 1. The van der Waals surface area contributed by atoms with E-state index >= 15 is 0 Å². The number of hydrogen-bond acceptors (Lipinski definition) is 4. The van der Waals surface area contributed by atoms with E-state index in [1.54, 1.807) is 7.05 Å². The van der Waals surface area contributed by atoms with Crippen molar-refractivity contribution in [1.82, 2.24) is 15.8 Å². The molecule has 0 aliphatic carbocycles. The predicted octanol–water partition coefficient (Wildman–Crippen LogP) is 4.18.